The molecule has 0 amide bonds. The van der Waals surface area contributed by atoms with Gasteiger partial charge in [-0.25, -0.2) is 0 Å². The summed E-state index contributed by atoms with van der Waals surface area (Å²) in [7, 11) is 0. The van der Waals surface area contributed by atoms with Crippen molar-refractivity contribution in [2.75, 3.05) is 11.9 Å². The highest BCUT2D eigenvalue weighted by Crippen LogP contribution is 2.17. The van der Waals surface area contributed by atoms with Gasteiger partial charge in [0.25, 0.3) is 0 Å². The van der Waals surface area contributed by atoms with E-state index >= 15 is 0 Å². The third kappa shape index (κ3) is 4.66. The van der Waals surface area contributed by atoms with E-state index in [9.17, 15) is 0 Å². The molecule has 0 aliphatic heterocycles. The van der Waals surface area contributed by atoms with Gasteiger partial charge in [-0.2, -0.15) is 0 Å². The maximum absolute atomic E-state index is 5.66. The largest absolute Gasteiger partial charge is 0.493 e. The van der Waals surface area contributed by atoms with E-state index in [1.54, 1.807) is 0 Å². The van der Waals surface area contributed by atoms with Crippen LogP contribution in [0.3, 0.4) is 0 Å². The van der Waals surface area contributed by atoms with Crippen LogP contribution in [0.5, 0.6) is 5.75 Å². The van der Waals surface area contributed by atoms with E-state index in [1.807, 2.05) is 18.2 Å². The second-order valence-electron chi connectivity index (χ2n) is 5.07. The van der Waals surface area contributed by atoms with E-state index < -0.39 is 0 Å². The van der Waals surface area contributed by atoms with Gasteiger partial charge >= 0.3 is 0 Å². The molecule has 19 heavy (non-hydrogen) atoms. The lowest BCUT2D eigenvalue weighted by molar-refractivity contribution is 0.271. The second kappa shape index (κ2) is 6.83. The van der Waals surface area contributed by atoms with Gasteiger partial charge in [0, 0.05) is 12.2 Å². The zero-order valence-corrected chi connectivity index (χ0v) is 11.6. The van der Waals surface area contributed by atoms with Crippen molar-refractivity contribution in [1.82, 2.24) is 0 Å². The average Bonchev–Trinajstić information content (AvgIpc) is 2.45. The van der Waals surface area contributed by atoms with Crippen molar-refractivity contribution in [3.63, 3.8) is 0 Å². The maximum Gasteiger partial charge on any atom is 0.119 e. The molecular formula is C17H21NO. The molecule has 0 spiro atoms. The van der Waals surface area contributed by atoms with Crippen LogP contribution in [0.1, 0.15) is 19.4 Å². The molecule has 0 saturated carbocycles. The Kier molecular flexibility index (Phi) is 4.85. The molecule has 0 aromatic heterocycles. The molecule has 0 radical (unpaired) electrons. The lowest BCUT2D eigenvalue weighted by Crippen LogP contribution is -2.04. The van der Waals surface area contributed by atoms with Crippen molar-refractivity contribution in [2.24, 2.45) is 5.92 Å². The van der Waals surface area contributed by atoms with Gasteiger partial charge in [-0.15, -0.1) is 0 Å². The molecule has 0 fully saturated rings. The minimum atomic E-state index is 0.552. The van der Waals surface area contributed by atoms with E-state index in [0.717, 1.165) is 24.6 Å². The van der Waals surface area contributed by atoms with E-state index in [0.29, 0.717) is 5.92 Å². The average molecular weight is 255 g/mol. The molecule has 2 heteroatoms. The fraction of sp³-hybridized carbons (Fsp3) is 0.294. The summed E-state index contributed by atoms with van der Waals surface area (Å²) in [6.45, 7) is 5.90. The van der Waals surface area contributed by atoms with Crippen LogP contribution in [0.25, 0.3) is 0 Å². The van der Waals surface area contributed by atoms with Crippen LogP contribution in [0, 0.1) is 5.92 Å². The van der Waals surface area contributed by atoms with Crippen LogP contribution in [-0.2, 0) is 6.54 Å². The summed E-state index contributed by atoms with van der Waals surface area (Å²) in [5.41, 5.74) is 2.39. The highest BCUT2D eigenvalue weighted by molar-refractivity contribution is 5.46. The summed E-state index contributed by atoms with van der Waals surface area (Å²) < 4.78 is 5.66. The van der Waals surface area contributed by atoms with Gasteiger partial charge < -0.3 is 10.1 Å². The molecule has 2 aromatic rings. The van der Waals surface area contributed by atoms with Gasteiger partial charge in [0.2, 0.25) is 0 Å². The molecule has 0 saturated heterocycles. The smallest absolute Gasteiger partial charge is 0.119 e. The predicted molar refractivity (Wildman–Crippen MR) is 80.5 cm³/mol. The molecule has 100 valence electrons. The van der Waals surface area contributed by atoms with Crippen molar-refractivity contribution in [1.29, 1.82) is 0 Å². The summed E-state index contributed by atoms with van der Waals surface area (Å²) in [5, 5.41) is 3.40. The molecule has 0 unspecified atom stereocenters. The number of ether oxygens (including phenoxy) is 1. The van der Waals surface area contributed by atoms with Crippen LogP contribution in [0.2, 0.25) is 0 Å². The topological polar surface area (TPSA) is 21.3 Å². The maximum atomic E-state index is 5.66. The van der Waals surface area contributed by atoms with Crippen molar-refractivity contribution in [2.45, 2.75) is 20.4 Å². The third-order valence-electron chi connectivity index (χ3n) is 2.78. The summed E-state index contributed by atoms with van der Waals surface area (Å²) in [6, 6.07) is 18.5. The second-order valence-corrected chi connectivity index (χ2v) is 5.07. The van der Waals surface area contributed by atoms with Gasteiger partial charge in [0.1, 0.15) is 5.75 Å². The molecule has 2 aromatic carbocycles. The molecule has 0 heterocycles. The Bertz CT molecular complexity index is 476. The zero-order valence-electron chi connectivity index (χ0n) is 11.6. The van der Waals surface area contributed by atoms with Crippen LogP contribution >= 0.6 is 0 Å². The first kappa shape index (κ1) is 13.5. The number of benzene rings is 2. The first-order chi connectivity index (χ1) is 9.24. The van der Waals surface area contributed by atoms with Crippen molar-refractivity contribution < 1.29 is 4.74 Å². The normalized spacial score (nSPS) is 10.5. The van der Waals surface area contributed by atoms with Gasteiger partial charge in [0.05, 0.1) is 6.61 Å². The molecule has 0 aliphatic carbocycles. The van der Waals surface area contributed by atoms with Gasteiger partial charge in [0.15, 0.2) is 0 Å². The molecule has 0 bridgehead atoms. The minimum absolute atomic E-state index is 0.552. The number of nitrogens with one attached hydrogen (secondary N) is 1. The lowest BCUT2D eigenvalue weighted by atomic mass is 10.2. The van der Waals surface area contributed by atoms with Crippen molar-refractivity contribution in [3.8, 4) is 5.75 Å². The Labute approximate surface area is 115 Å². The zero-order chi connectivity index (χ0) is 13.5. The monoisotopic (exact) mass is 255 g/mol. The fourth-order valence-electron chi connectivity index (χ4n) is 1.73. The predicted octanol–water partition coefficient (Wildman–Crippen LogP) is 4.33. The summed E-state index contributed by atoms with van der Waals surface area (Å²) >= 11 is 0. The molecule has 0 aliphatic rings. The van der Waals surface area contributed by atoms with Crippen molar-refractivity contribution >= 4 is 5.69 Å². The van der Waals surface area contributed by atoms with Gasteiger partial charge in [-0.05, 0) is 35.7 Å². The Morgan fingerprint density at radius 3 is 2.26 bits per heavy atom. The molecule has 1 N–H and O–H groups in total. The number of anilines is 1. The number of hydrogen-bond acceptors (Lipinski definition) is 2. The number of hydrogen-bond donors (Lipinski definition) is 1. The molecular weight excluding hydrogens is 234 g/mol. The van der Waals surface area contributed by atoms with Crippen LogP contribution in [0.15, 0.2) is 54.6 Å². The van der Waals surface area contributed by atoms with E-state index in [4.69, 9.17) is 4.74 Å². The Morgan fingerprint density at radius 2 is 1.63 bits per heavy atom. The Balaban J connectivity index is 1.85. The van der Waals surface area contributed by atoms with Crippen LogP contribution in [0.4, 0.5) is 5.69 Å². The molecule has 0 atom stereocenters. The summed E-state index contributed by atoms with van der Waals surface area (Å²) in [4.78, 5) is 0. The minimum Gasteiger partial charge on any atom is -0.493 e. The van der Waals surface area contributed by atoms with Crippen molar-refractivity contribution in [3.05, 3.63) is 60.2 Å². The fourth-order valence-corrected chi connectivity index (χ4v) is 1.73. The quantitative estimate of drug-likeness (QED) is 0.829. The molecule has 2 rings (SSSR count). The van der Waals surface area contributed by atoms with Crippen LogP contribution in [-0.4, -0.2) is 6.61 Å². The standard InChI is InChI=1S/C17H21NO/c1-14(2)13-19-17-10-8-16(9-11-17)18-12-15-6-4-3-5-7-15/h3-11,14,18H,12-13H2,1-2H3. The Morgan fingerprint density at radius 1 is 0.947 bits per heavy atom. The van der Waals surface area contributed by atoms with Gasteiger partial charge in [-0.3, -0.25) is 0 Å². The highest BCUT2D eigenvalue weighted by Gasteiger charge is 1.98. The van der Waals surface area contributed by atoms with E-state index in [1.165, 1.54) is 5.56 Å². The van der Waals surface area contributed by atoms with E-state index in [2.05, 4.69) is 55.6 Å². The first-order valence-electron chi connectivity index (χ1n) is 6.74. The van der Waals surface area contributed by atoms with Crippen LogP contribution < -0.4 is 10.1 Å². The SMILES string of the molecule is CC(C)COc1ccc(NCc2ccccc2)cc1. The first-order valence-corrected chi connectivity index (χ1v) is 6.74. The summed E-state index contributed by atoms with van der Waals surface area (Å²) in [6.07, 6.45) is 0. The van der Waals surface area contributed by atoms with E-state index in [-0.39, 0.29) is 0 Å². The Hall–Kier alpha value is -1.96. The lowest BCUT2D eigenvalue weighted by Gasteiger charge is -2.10. The molecule has 2 nitrogen and oxygen atoms in total. The highest BCUT2D eigenvalue weighted by atomic mass is 16.5. The number of rotatable bonds is 6. The van der Waals surface area contributed by atoms with Gasteiger partial charge in [-0.1, -0.05) is 44.2 Å². The summed E-state index contributed by atoms with van der Waals surface area (Å²) in [5.74, 6) is 1.48. The third-order valence-corrected chi connectivity index (χ3v) is 2.78.